The molecule has 0 spiro atoms. The summed E-state index contributed by atoms with van der Waals surface area (Å²) < 4.78 is 5.81. The highest BCUT2D eigenvalue weighted by Crippen LogP contribution is 2.17. The van der Waals surface area contributed by atoms with Crippen molar-refractivity contribution >= 4 is 31.9 Å². The summed E-state index contributed by atoms with van der Waals surface area (Å²) in [6.07, 6.45) is 0.167. The molecule has 1 aromatic rings. The second kappa shape index (κ2) is 5.78. The number of halogens is 2. The summed E-state index contributed by atoms with van der Waals surface area (Å²) in [7, 11) is 0. The predicted molar refractivity (Wildman–Crippen MR) is 62.3 cm³/mol. The Hall–Kier alpha value is 0.140. The molecule has 0 unspecified atom stereocenters. The van der Waals surface area contributed by atoms with E-state index in [0.29, 0.717) is 6.61 Å². The lowest BCUT2D eigenvalue weighted by atomic mass is 10.2. The van der Waals surface area contributed by atoms with Gasteiger partial charge in [-0.3, -0.25) is 0 Å². The number of benzene rings is 1. The van der Waals surface area contributed by atoms with Crippen molar-refractivity contribution in [1.82, 2.24) is 0 Å². The third kappa shape index (κ3) is 4.25. The van der Waals surface area contributed by atoms with Crippen molar-refractivity contribution < 1.29 is 4.74 Å². The molecule has 0 aliphatic rings. The van der Waals surface area contributed by atoms with Crippen molar-refractivity contribution in [3.05, 3.63) is 35.9 Å². The van der Waals surface area contributed by atoms with Crippen molar-refractivity contribution in [2.75, 3.05) is 0 Å². The molecule has 1 aromatic carbocycles. The molecule has 3 heteroatoms. The van der Waals surface area contributed by atoms with Crippen LogP contribution < -0.4 is 0 Å². The van der Waals surface area contributed by atoms with Crippen LogP contribution in [0.5, 0.6) is 0 Å². The van der Waals surface area contributed by atoms with E-state index in [1.165, 1.54) is 5.56 Å². The summed E-state index contributed by atoms with van der Waals surface area (Å²) >= 11 is 6.81. The molecule has 0 aliphatic carbocycles. The zero-order valence-electron chi connectivity index (χ0n) is 7.41. The van der Waals surface area contributed by atoms with Crippen LogP contribution in [0.25, 0.3) is 0 Å². The molecule has 72 valence electrons. The maximum atomic E-state index is 5.60. The van der Waals surface area contributed by atoms with E-state index in [2.05, 4.69) is 44.0 Å². The van der Waals surface area contributed by atoms with E-state index in [1.807, 2.05) is 25.1 Å². The minimum Gasteiger partial charge on any atom is -0.372 e. The molecule has 1 nitrogen and oxygen atoms in total. The minimum atomic E-state index is 0.167. The summed E-state index contributed by atoms with van der Waals surface area (Å²) in [5.41, 5.74) is 1.20. The number of alkyl halides is 2. The lowest BCUT2D eigenvalue weighted by Crippen LogP contribution is -2.14. The predicted octanol–water partition coefficient (Wildman–Crippen LogP) is 3.71. The fourth-order valence-electron chi connectivity index (χ4n) is 0.875. The first-order chi connectivity index (χ1) is 6.20. The van der Waals surface area contributed by atoms with Gasteiger partial charge in [-0.25, -0.2) is 0 Å². The Morgan fingerprint density at radius 3 is 2.38 bits per heavy atom. The van der Waals surface area contributed by atoms with Crippen LogP contribution >= 0.6 is 31.9 Å². The van der Waals surface area contributed by atoms with E-state index >= 15 is 0 Å². The second-order valence-corrected chi connectivity index (χ2v) is 6.04. The number of hydrogen-bond acceptors (Lipinski definition) is 1. The molecule has 0 saturated carbocycles. The molecule has 1 atom stereocenters. The molecule has 0 aromatic heterocycles. The van der Waals surface area contributed by atoms with Crippen LogP contribution in [-0.4, -0.2) is 9.84 Å². The van der Waals surface area contributed by atoms with Crippen molar-refractivity contribution in [3.63, 3.8) is 0 Å². The summed E-state index contributed by atoms with van der Waals surface area (Å²) in [5, 5.41) is 0. The monoisotopic (exact) mass is 306 g/mol. The third-order valence-electron chi connectivity index (χ3n) is 1.71. The number of hydrogen-bond donors (Lipinski definition) is 0. The first-order valence-electron chi connectivity index (χ1n) is 4.14. The molecule has 1 rings (SSSR count). The lowest BCUT2D eigenvalue weighted by Gasteiger charge is -2.13. The smallest absolute Gasteiger partial charge is 0.0956 e. The maximum absolute atomic E-state index is 5.60. The van der Waals surface area contributed by atoms with Crippen LogP contribution in [0.15, 0.2) is 30.3 Å². The van der Waals surface area contributed by atoms with Crippen LogP contribution in [0.2, 0.25) is 0 Å². The molecule has 0 bridgehead atoms. The van der Waals surface area contributed by atoms with Gasteiger partial charge in [0.2, 0.25) is 0 Å². The topological polar surface area (TPSA) is 9.23 Å². The Kier molecular flexibility index (Phi) is 4.99. The Morgan fingerprint density at radius 1 is 1.23 bits per heavy atom. The molecule has 0 radical (unpaired) electrons. The minimum absolute atomic E-state index is 0.167. The fourth-order valence-corrected chi connectivity index (χ4v) is 1.18. The van der Waals surface area contributed by atoms with Crippen LogP contribution in [0.3, 0.4) is 0 Å². The highest BCUT2D eigenvalue weighted by atomic mass is 79.9. The van der Waals surface area contributed by atoms with Crippen LogP contribution in [0.1, 0.15) is 12.5 Å². The highest BCUT2D eigenvalue weighted by Gasteiger charge is 2.09. The van der Waals surface area contributed by atoms with Crippen LogP contribution in [0.4, 0.5) is 0 Å². The summed E-state index contributed by atoms with van der Waals surface area (Å²) in [5.74, 6) is 0. The van der Waals surface area contributed by atoms with E-state index in [0.717, 1.165) is 0 Å². The average Bonchev–Trinajstić information content (AvgIpc) is 2.15. The number of rotatable bonds is 4. The second-order valence-electron chi connectivity index (χ2n) is 2.84. The molecule has 0 saturated heterocycles. The van der Waals surface area contributed by atoms with E-state index < -0.39 is 0 Å². The molecule has 0 aliphatic heterocycles. The average molecular weight is 308 g/mol. The van der Waals surface area contributed by atoms with E-state index in [1.54, 1.807) is 0 Å². The highest BCUT2D eigenvalue weighted by molar-refractivity contribution is 9.24. The van der Waals surface area contributed by atoms with Gasteiger partial charge in [0.15, 0.2) is 0 Å². The Morgan fingerprint density at radius 2 is 1.85 bits per heavy atom. The molecule has 0 amide bonds. The summed E-state index contributed by atoms with van der Waals surface area (Å²) in [4.78, 5) is 0. The van der Waals surface area contributed by atoms with Gasteiger partial charge in [0.05, 0.1) is 16.4 Å². The zero-order valence-corrected chi connectivity index (χ0v) is 10.6. The first kappa shape index (κ1) is 11.2. The van der Waals surface area contributed by atoms with Gasteiger partial charge < -0.3 is 4.74 Å². The lowest BCUT2D eigenvalue weighted by molar-refractivity contribution is 0.0657. The summed E-state index contributed by atoms with van der Waals surface area (Å²) in [6, 6.07) is 10.2. The van der Waals surface area contributed by atoms with Gasteiger partial charge in [0.1, 0.15) is 0 Å². The quantitative estimate of drug-likeness (QED) is 0.771. The van der Waals surface area contributed by atoms with Crippen molar-refractivity contribution in [2.24, 2.45) is 0 Å². The van der Waals surface area contributed by atoms with Gasteiger partial charge in [0.25, 0.3) is 0 Å². The standard InChI is InChI=1S/C10H12Br2O/c1-8(10(11)12)13-7-9-5-3-2-4-6-9/h2-6,8,10H,7H2,1H3/t8-/m0/s1. The van der Waals surface area contributed by atoms with E-state index in [9.17, 15) is 0 Å². The normalized spacial score (nSPS) is 13.2. The molecule has 0 fully saturated rings. The molecule has 0 N–H and O–H groups in total. The SMILES string of the molecule is C[C@H](OCc1ccccc1)C(Br)Br. The summed E-state index contributed by atoms with van der Waals surface area (Å²) in [6.45, 7) is 2.69. The largest absolute Gasteiger partial charge is 0.372 e. The fraction of sp³-hybridized carbons (Fsp3) is 0.400. The first-order valence-corrected chi connectivity index (χ1v) is 5.97. The van der Waals surface area contributed by atoms with Gasteiger partial charge in [-0.2, -0.15) is 0 Å². The third-order valence-corrected chi connectivity index (χ3v) is 3.20. The van der Waals surface area contributed by atoms with Gasteiger partial charge in [-0.05, 0) is 12.5 Å². The van der Waals surface area contributed by atoms with Crippen LogP contribution in [-0.2, 0) is 11.3 Å². The van der Waals surface area contributed by atoms with Crippen molar-refractivity contribution in [1.29, 1.82) is 0 Å². The molecular formula is C10H12Br2O. The van der Waals surface area contributed by atoms with Crippen molar-refractivity contribution in [3.8, 4) is 0 Å². The molecular weight excluding hydrogens is 296 g/mol. The zero-order chi connectivity index (χ0) is 9.68. The van der Waals surface area contributed by atoms with Gasteiger partial charge >= 0.3 is 0 Å². The molecule has 0 heterocycles. The van der Waals surface area contributed by atoms with E-state index in [-0.39, 0.29) is 9.84 Å². The van der Waals surface area contributed by atoms with Gasteiger partial charge in [0, 0.05) is 0 Å². The van der Waals surface area contributed by atoms with Gasteiger partial charge in [-0.1, -0.05) is 62.2 Å². The van der Waals surface area contributed by atoms with E-state index in [4.69, 9.17) is 4.74 Å². The Bertz CT molecular complexity index is 236. The van der Waals surface area contributed by atoms with Crippen molar-refractivity contribution in [2.45, 2.75) is 23.4 Å². The molecule has 13 heavy (non-hydrogen) atoms. The van der Waals surface area contributed by atoms with Gasteiger partial charge in [-0.15, -0.1) is 0 Å². The maximum Gasteiger partial charge on any atom is 0.0956 e. The number of ether oxygens (including phenoxy) is 1. The Balaban J connectivity index is 2.35. The van der Waals surface area contributed by atoms with Crippen LogP contribution in [0, 0.1) is 0 Å². The Labute approximate surface area is 95.7 Å².